The van der Waals surface area contributed by atoms with E-state index in [0.717, 1.165) is 13.1 Å². The van der Waals surface area contributed by atoms with Crippen molar-refractivity contribution in [3.8, 4) is 0 Å². The summed E-state index contributed by atoms with van der Waals surface area (Å²) in [7, 11) is -3.39. The highest BCUT2D eigenvalue weighted by Crippen LogP contribution is 2.15. The summed E-state index contributed by atoms with van der Waals surface area (Å²) in [5.74, 6) is -0.109. The maximum atomic E-state index is 12.3. The number of nitrogens with one attached hydrogen (secondary N) is 1. The van der Waals surface area contributed by atoms with Gasteiger partial charge < -0.3 is 15.7 Å². The van der Waals surface area contributed by atoms with E-state index in [9.17, 15) is 13.5 Å². The molecule has 0 saturated carbocycles. The number of likely N-dealkylation sites (tertiary alicyclic amines) is 1. The Morgan fingerprint density at radius 3 is 2.67 bits per heavy atom. The molecule has 6 nitrogen and oxygen atoms in total. The number of aliphatic hydroxyl groups excluding tert-OH is 1. The molecule has 1 aliphatic heterocycles. The molecule has 4 N–H and O–H groups in total. The SMILES string of the molecule is N=C(N)c1cccc(S(=O)(=O)CCN2CCC(O)CC2)c1. The van der Waals surface area contributed by atoms with Gasteiger partial charge in [-0.25, -0.2) is 8.42 Å². The van der Waals surface area contributed by atoms with Crippen LogP contribution in [0.1, 0.15) is 18.4 Å². The Labute approximate surface area is 125 Å². The first kappa shape index (κ1) is 15.9. The number of hydrogen-bond donors (Lipinski definition) is 3. The normalized spacial score (nSPS) is 17.8. The minimum atomic E-state index is -3.39. The predicted octanol–water partition coefficient (Wildman–Crippen LogP) is 0.201. The first-order valence-corrected chi connectivity index (χ1v) is 8.61. The Morgan fingerprint density at radius 2 is 2.05 bits per heavy atom. The summed E-state index contributed by atoms with van der Waals surface area (Å²) in [6, 6.07) is 6.19. The van der Waals surface area contributed by atoms with Gasteiger partial charge in [0.1, 0.15) is 5.84 Å². The molecule has 0 aromatic heterocycles. The van der Waals surface area contributed by atoms with Crippen LogP contribution in [-0.2, 0) is 9.84 Å². The fraction of sp³-hybridized carbons (Fsp3) is 0.500. The smallest absolute Gasteiger partial charge is 0.179 e. The first-order chi connectivity index (χ1) is 9.88. The van der Waals surface area contributed by atoms with Crippen molar-refractivity contribution < 1.29 is 13.5 Å². The summed E-state index contributed by atoms with van der Waals surface area (Å²) in [5.41, 5.74) is 5.80. The highest BCUT2D eigenvalue weighted by Gasteiger charge is 2.20. The van der Waals surface area contributed by atoms with Gasteiger partial charge in [0.05, 0.1) is 16.8 Å². The zero-order valence-corrected chi connectivity index (χ0v) is 12.6. The number of piperidine rings is 1. The maximum Gasteiger partial charge on any atom is 0.179 e. The highest BCUT2D eigenvalue weighted by molar-refractivity contribution is 7.91. The van der Waals surface area contributed by atoms with Crippen molar-refractivity contribution in [2.75, 3.05) is 25.4 Å². The fourth-order valence-electron chi connectivity index (χ4n) is 2.37. The van der Waals surface area contributed by atoms with Gasteiger partial charge in [-0.15, -0.1) is 0 Å². The number of sulfone groups is 1. The van der Waals surface area contributed by atoms with E-state index in [1.54, 1.807) is 12.1 Å². The van der Waals surface area contributed by atoms with Crippen LogP contribution in [0.2, 0.25) is 0 Å². The van der Waals surface area contributed by atoms with Crippen molar-refractivity contribution in [1.82, 2.24) is 4.90 Å². The largest absolute Gasteiger partial charge is 0.393 e. The second kappa shape index (κ2) is 6.55. The first-order valence-electron chi connectivity index (χ1n) is 6.96. The van der Waals surface area contributed by atoms with Crippen LogP contribution in [0, 0.1) is 5.41 Å². The molecule has 2 rings (SSSR count). The molecule has 0 spiro atoms. The molecule has 1 aromatic carbocycles. The van der Waals surface area contributed by atoms with Crippen LogP contribution in [0.5, 0.6) is 0 Å². The third-order valence-corrected chi connectivity index (χ3v) is 5.43. The standard InChI is InChI=1S/C14H21N3O3S/c15-14(16)11-2-1-3-13(10-11)21(19,20)9-8-17-6-4-12(18)5-7-17/h1-3,10,12,18H,4-9H2,(H3,15,16). The van der Waals surface area contributed by atoms with E-state index < -0.39 is 9.84 Å². The van der Waals surface area contributed by atoms with Crippen molar-refractivity contribution in [1.29, 1.82) is 5.41 Å². The van der Waals surface area contributed by atoms with Gasteiger partial charge in [0.2, 0.25) is 0 Å². The van der Waals surface area contributed by atoms with E-state index in [1.807, 2.05) is 0 Å². The monoisotopic (exact) mass is 311 g/mol. The van der Waals surface area contributed by atoms with E-state index in [-0.39, 0.29) is 22.6 Å². The number of nitrogen functional groups attached to an aromatic ring is 1. The molecular formula is C14H21N3O3S. The lowest BCUT2D eigenvalue weighted by atomic mass is 10.1. The highest BCUT2D eigenvalue weighted by atomic mass is 32.2. The van der Waals surface area contributed by atoms with E-state index in [4.69, 9.17) is 11.1 Å². The van der Waals surface area contributed by atoms with Crippen molar-refractivity contribution >= 4 is 15.7 Å². The van der Waals surface area contributed by atoms with Crippen LogP contribution in [-0.4, -0.2) is 55.8 Å². The Morgan fingerprint density at radius 1 is 1.38 bits per heavy atom. The molecule has 0 atom stereocenters. The summed E-state index contributed by atoms with van der Waals surface area (Å²) in [4.78, 5) is 2.26. The average Bonchev–Trinajstić information content (AvgIpc) is 2.47. The summed E-state index contributed by atoms with van der Waals surface area (Å²) in [6.45, 7) is 1.91. The minimum absolute atomic E-state index is 0.0322. The molecule has 21 heavy (non-hydrogen) atoms. The van der Waals surface area contributed by atoms with Crippen molar-refractivity contribution in [2.45, 2.75) is 23.8 Å². The second-order valence-corrected chi connectivity index (χ2v) is 7.44. The van der Waals surface area contributed by atoms with E-state index in [2.05, 4.69) is 4.90 Å². The van der Waals surface area contributed by atoms with E-state index in [0.29, 0.717) is 24.9 Å². The number of rotatable bonds is 5. The topological polar surface area (TPSA) is 107 Å². The molecule has 0 bridgehead atoms. The summed E-state index contributed by atoms with van der Waals surface area (Å²) >= 11 is 0. The summed E-state index contributed by atoms with van der Waals surface area (Å²) in [5, 5.41) is 16.8. The molecule has 0 unspecified atom stereocenters. The number of nitrogens with zero attached hydrogens (tertiary/aromatic N) is 1. The molecule has 1 aromatic rings. The van der Waals surface area contributed by atoms with Crippen LogP contribution < -0.4 is 5.73 Å². The Bertz CT molecular complexity index is 608. The number of aliphatic hydroxyl groups is 1. The van der Waals surface area contributed by atoms with Gasteiger partial charge in [0, 0.05) is 25.2 Å². The van der Waals surface area contributed by atoms with Crippen molar-refractivity contribution in [3.63, 3.8) is 0 Å². The zero-order chi connectivity index (χ0) is 15.5. The van der Waals surface area contributed by atoms with Gasteiger partial charge >= 0.3 is 0 Å². The van der Waals surface area contributed by atoms with Crippen molar-refractivity contribution in [2.24, 2.45) is 5.73 Å². The van der Waals surface area contributed by atoms with E-state index in [1.165, 1.54) is 12.1 Å². The van der Waals surface area contributed by atoms with Crippen LogP contribution >= 0.6 is 0 Å². The molecule has 1 saturated heterocycles. The maximum absolute atomic E-state index is 12.3. The van der Waals surface area contributed by atoms with Gasteiger partial charge in [-0.3, -0.25) is 5.41 Å². The molecule has 116 valence electrons. The lowest BCUT2D eigenvalue weighted by Gasteiger charge is -2.29. The van der Waals surface area contributed by atoms with E-state index >= 15 is 0 Å². The minimum Gasteiger partial charge on any atom is -0.393 e. The number of benzene rings is 1. The van der Waals surface area contributed by atoms with Crippen LogP contribution in [0.25, 0.3) is 0 Å². The van der Waals surface area contributed by atoms with Crippen LogP contribution in [0.4, 0.5) is 0 Å². The second-order valence-electron chi connectivity index (χ2n) is 5.33. The number of amidine groups is 1. The molecule has 1 aliphatic rings. The zero-order valence-electron chi connectivity index (χ0n) is 11.8. The van der Waals surface area contributed by atoms with Gasteiger partial charge in [-0.05, 0) is 25.0 Å². The fourth-order valence-corrected chi connectivity index (χ4v) is 3.69. The van der Waals surface area contributed by atoms with Gasteiger partial charge in [0.25, 0.3) is 0 Å². The third kappa shape index (κ3) is 4.26. The predicted molar refractivity (Wildman–Crippen MR) is 81.2 cm³/mol. The summed E-state index contributed by atoms with van der Waals surface area (Å²) in [6.07, 6.45) is 1.13. The molecule has 0 radical (unpaired) electrons. The number of nitrogens with two attached hydrogens (primary N) is 1. The molecule has 1 fully saturated rings. The number of hydrogen-bond acceptors (Lipinski definition) is 5. The van der Waals surface area contributed by atoms with Crippen molar-refractivity contribution in [3.05, 3.63) is 29.8 Å². The Kier molecular flexibility index (Phi) is 4.97. The lowest BCUT2D eigenvalue weighted by molar-refractivity contribution is 0.0855. The summed E-state index contributed by atoms with van der Waals surface area (Å²) < 4.78 is 24.7. The van der Waals surface area contributed by atoms with Gasteiger partial charge in [-0.1, -0.05) is 12.1 Å². The molecule has 0 amide bonds. The van der Waals surface area contributed by atoms with Crippen LogP contribution in [0.15, 0.2) is 29.2 Å². The van der Waals surface area contributed by atoms with Gasteiger partial charge in [-0.2, -0.15) is 0 Å². The Hall–Kier alpha value is -1.44. The molecular weight excluding hydrogens is 290 g/mol. The van der Waals surface area contributed by atoms with Crippen LogP contribution in [0.3, 0.4) is 0 Å². The molecule has 0 aliphatic carbocycles. The Balaban J connectivity index is 2.01. The molecule has 7 heteroatoms. The third-order valence-electron chi connectivity index (χ3n) is 3.74. The lowest BCUT2D eigenvalue weighted by Crippen LogP contribution is -2.38. The average molecular weight is 311 g/mol. The van der Waals surface area contributed by atoms with Gasteiger partial charge in [0.15, 0.2) is 9.84 Å². The quantitative estimate of drug-likeness (QED) is 0.532. The molecule has 1 heterocycles.